The lowest BCUT2D eigenvalue weighted by molar-refractivity contribution is 1.60. The monoisotopic (exact) mass is 300 g/mol. The number of hydrogen-bond donors (Lipinski definition) is 0. The summed E-state index contributed by atoms with van der Waals surface area (Å²) in [6, 6.07) is 20.1. The van der Waals surface area contributed by atoms with Crippen molar-refractivity contribution in [3.8, 4) is 0 Å². The van der Waals surface area contributed by atoms with Crippen molar-refractivity contribution in [2.24, 2.45) is 0 Å². The van der Waals surface area contributed by atoms with E-state index in [1.54, 1.807) is 0 Å². The van der Waals surface area contributed by atoms with Gasteiger partial charge < -0.3 is 0 Å². The van der Waals surface area contributed by atoms with Crippen LogP contribution in [0.3, 0.4) is 0 Å². The zero-order valence-electron chi connectivity index (χ0n) is 9.44. The molecule has 0 aromatic heterocycles. The Bertz CT molecular complexity index is 474. The summed E-state index contributed by atoms with van der Waals surface area (Å²) in [7, 11) is 0.858. The Labute approximate surface area is 113 Å². The summed E-state index contributed by atoms with van der Waals surface area (Å²) >= 11 is 3.44. The van der Waals surface area contributed by atoms with Gasteiger partial charge in [0.05, 0.1) is 9.52 Å². The molecule has 0 spiro atoms. The van der Waals surface area contributed by atoms with Crippen LogP contribution in [-0.2, 0) is 0 Å². The van der Waals surface area contributed by atoms with Gasteiger partial charge in [0.25, 0.3) is 0 Å². The molecule has 0 amide bonds. The molecule has 0 atom stereocenters. The molecule has 2 rings (SSSR count). The van der Waals surface area contributed by atoms with Crippen molar-refractivity contribution in [3.05, 3.63) is 70.7 Å². The van der Waals surface area contributed by atoms with E-state index in [1.807, 2.05) is 0 Å². The maximum Gasteiger partial charge on any atom is 0.0849 e. The van der Waals surface area contributed by atoms with Crippen molar-refractivity contribution in [1.29, 1.82) is 0 Å². The fraction of sp³-hybridized carbons (Fsp3) is 0.0667. The predicted octanol–water partition coefficient (Wildman–Crippen LogP) is 3.91. The van der Waals surface area contributed by atoms with Crippen LogP contribution < -0.4 is 5.19 Å². The molecule has 17 heavy (non-hydrogen) atoms. The van der Waals surface area contributed by atoms with Gasteiger partial charge in [0.2, 0.25) is 0 Å². The fourth-order valence-electron chi connectivity index (χ4n) is 1.50. The Morgan fingerprint density at radius 2 is 1.65 bits per heavy atom. The Kier molecular flexibility index (Phi) is 4.77. The van der Waals surface area contributed by atoms with Crippen molar-refractivity contribution in [2.75, 3.05) is 0 Å². The van der Waals surface area contributed by atoms with E-state index in [1.165, 1.54) is 10.8 Å². The molecule has 84 valence electrons. The molecule has 0 aliphatic carbocycles. The minimum Gasteiger partial charge on any atom is -0.0867 e. The maximum atomic E-state index is 3.44. The molecule has 0 bridgehead atoms. The van der Waals surface area contributed by atoms with E-state index in [0.29, 0.717) is 0 Å². The van der Waals surface area contributed by atoms with Crippen molar-refractivity contribution in [2.45, 2.75) is 6.04 Å². The van der Waals surface area contributed by atoms with Gasteiger partial charge in [-0.3, -0.25) is 0 Å². The second kappa shape index (κ2) is 6.57. The summed E-state index contributed by atoms with van der Waals surface area (Å²) in [6.45, 7) is 0. The van der Waals surface area contributed by atoms with Gasteiger partial charge in [-0.15, -0.1) is 0 Å². The largest absolute Gasteiger partial charge is 0.0867 e. The van der Waals surface area contributed by atoms with E-state index in [0.717, 1.165) is 20.0 Å². The SMILES string of the molecule is Brc1ccc(/C=C\C[Si]c2ccccc2)cc1. The second-order valence-corrected chi connectivity index (χ2v) is 5.96. The average molecular weight is 301 g/mol. The van der Waals surface area contributed by atoms with Gasteiger partial charge in [0.1, 0.15) is 0 Å². The van der Waals surface area contributed by atoms with Crippen LogP contribution >= 0.6 is 15.9 Å². The molecule has 0 fully saturated rings. The molecule has 2 aromatic rings. The molecular formula is C15H13BrSi. The normalized spacial score (nSPS) is 10.9. The van der Waals surface area contributed by atoms with Crippen molar-refractivity contribution < 1.29 is 0 Å². The van der Waals surface area contributed by atoms with Crippen LogP contribution in [0.2, 0.25) is 6.04 Å². The first-order valence-electron chi connectivity index (χ1n) is 5.55. The van der Waals surface area contributed by atoms with E-state index in [9.17, 15) is 0 Å². The molecule has 0 saturated heterocycles. The first-order chi connectivity index (χ1) is 8.34. The van der Waals surface area contributed by atoms with E-state index in [4.69, 9.17) is 0 Å². The summed E-state index contributed by atoms with van der Waals surface area (Å²) in [6.07, 6.45) is 4.43. The van der Waals surface area contributed by atoms with Crippen LogP contribution in [0.15, 0.2) is 65.1 Å². The average Bonchev–Trinajstić information content (AvgIpc) is 2.38. The van der Waals surface area contributed by atoms with Gasteiger partial charge in [-0.05, 0) is 23.7 Å². The number of halogens is 1. The highest BCUT2D eigenvalue weighted by molar-refractivity contribution is 9.10. The minimum absolute atomic E-state index is 0.858. The van der Waals surface area contributed by atoms with Crippen LogP contribution in [0.4, 0.5) is 0 Å². The number of allylic oxidation sites excluding steroid dienone is 1. The highest BCUT2D eigenvalue weighted by atomic mass is 79.9. The van der Waals surface area contributed by atoms with Crippen LogP contribution in [-0.4, -0.2) is 9.52 Å². The van der Waals surface area contributed by atoms with Gasteiger partial charge in [-0.25, -0.2) is 0 Å². The molecule has 0 saturated carbocycles. The zero-order valence-corrected chi connectivity index (χ0v) is 12.0. The summed E-state index contributed by atoms with van der Waals surface area (Å²) < 4.78 is 1.13. The molecule has 0 aliphatic rings. The summed E-state index contributed by atoms with van der Waals surface area (Å²) in [4.78, 5) is 0. The second-order valence-electron chi connectivity index (χ2n) is 3.70. The van der Waals surface area contributed by atoms with Crippen LogP contribution in [0.5, 0.6) is 0 Å². The Hall–Kier alpha value is -1.12. The topological polar surface area (TPSA) is 0 Å². The van der Waals surface area contributed by atoms with Crippen molar-refractivity contribution >= 4 is 36.7 Å². The highest BCUT2D eigenvalue weighted by Gasteiger charge is 1.91. The van der Waals surface area contributed by atoms with Crippen LogP contribution in [0.1, 0.15) is 5.56 Å². The Morgan fingerprint density at radius 3 is 2.35 bits per heavy atom. The Balaban J connectivity index is 1.84. The quantitative estimate of drug-likeness (QED) is 0.751. The van der Waals surface area contributed by atoms with Gasteiger partial charge in [0, 0.05) is 4.47 Å². The summed E-state index contributed by atoms with van der Waals surface area (Å²) in [5.41, 5.74) is 1.26. The number of benzene rings is 2. The number of rotatable bonds is 4. The van der Waals surface area contributed by atoms with E-state index >= 15 is 0 Å². The first-order valence-corrected chi connectivity index (χ1v) is 7.55. The van der Waals surface area contributed by atoms with Gasteiger partial charge in [0.15, 0.2) is 0 Å². The first kappa shape index (κ1) is 12.3. The fourth-order valence-corrected chi connectivity index (χ4v) is 2.67. The molecule has 0 N–H and O–H groups in total. The molecule has 0 nitrogen and oxygen atoms in total. The zero-order chi connectivity index (χ0) is 11.9. The maximum absolute atomic E-state index is 3.44. The third-order valence-electron chi connectivity index (χ3n) is 2.38. The molecule has 0 unspecified atom stereocenters. The van der Waals surface area contributed by atoms with E-state index < -0.39 is 0 Å². The van der Waals surface area contributed by atoms with Crippen LogP contribution in [0, 0.1) is 0 Å². The molecule has 2 radical (unpaired) electrons. The smallest absolute Gasteiger partial charge is 0.0849 e. The third kappa shape index (κ3) is 4.33. The lowest BCUT2D eigenvalue weighted by atomic mass is 10.2. The molecule has 0 heterocycles. The standard InChI is InChI=1S/C15H13BrSi/c16-14-10-8-13(9-11-14)5-4-12-17-15-6-2-1-3-7-15/h1-11H,12H2/b5-4-. The lowest BCUT2D eigenvalue weighted by Gasteiger charge is -1.96. The van der Waals surface area contributed by atoms with E-state index in [-0.39, 0.29) is 0 Å². The molecule has 0 aliphatic heterocycles. The third-order valence-corrected chi connectivity index (χ3v) is 4.09. The summed E-state index contributed by atoms with van der Waals surface area (Å²) in [5.74, 6) is 0. The van der Waals surface area contributed by atoms with Gasteiger partial charge in [-0.2, -0.15) is 0 Å². The molecular weight excluding hydrogens is 288 g/mol. The molecule has 2 heteroatoms. The lowest BCUT2D eigenvalue weighted by Crippen LogP contribution is -2.11. The minimum atomic E-state index is 0.858. The Morgan fingerprint density at radius 1 is 0.941 bits per heavy atom. The number of hydrogen-bond acceptors (Lipinski definition) is 0. The predicted molar refractivity (Wildman–Crippen MR) is 79.8 cm³/mol. The van der Waals surface area contributed by atoms with Crippen LogP contribution in [0.25, 0.3) is 6.08 Å². The highest BCUT2D eigenvalue weighted by Crippen LogP contribution is 2.11. The summed E-state index contributed by atoms with van der Waals surface area (Å²) in [5, 5.41) is 1.42. The molecule has 2 aromatic carbocycles. The van der Waals surface area contributed by atoms with Crippen molar-refractivity contribution in [3.63, 3.8) is 0 Å². The van der Waals surface area contributed by atoms with Crippen molar-refractivity contribution in [1.82, 2.24) is 0 Å². The van der Waals surface area contributed by atoms with E-state index in [2.05, 4.69) is 82.7 Å². The van der Waals surface area contributed by atoms with Gasteiger partial charge in [-0.1, -0.05) is 75.7 Å². The van der Waals surface area contributed by atoms with Gasteiger partial charge >= 0.3 is 0 Å².